The zero-order valence-corrected chi connectivity index (χ0v) is 22.4. The summed E-state index contributed by atoms with van der Waals surface area (Å²) in [7, 11) is 0. The van der Waals surface area contributed by atoms with E-state index in [4.69, 9.17) is 20.9 Å². The number of benzene rings is 2. The van der Waals surface area contributed by atoms with Crippen LogP contribution in [0.3, 0.4) is 0 Å². The summed E-state index contributed by atoms with van der Waals surface area (Å²) in [5.74, 6) is 0.601. The number of hydrogen-bond acceptors (Lipinski definition) is 8. The number of ether oxygens (including phenoxy) is 2. The molecule has 210 valence electrons. The van der Waals surface area contributed by atoms with Crippen molar-refractivity contribution in [2.75, 3.05) is 10.6 Å². The molecule has 2 aliphatic carbocycles. The Bertz CT molecular complexity index is 1190. The predicted molar refractivity (Wildman–Crippen MR) is 153 cm³/mol. The lowest BCUT2D eigenvalue weighted by Crippen LogP contribution is -2.31. The van der Waals surface area contributed by atoms with Crippen LogP contribution in [0.2, 0.25) is 0 Å². The molecule has 0 spiro atoms. The summed E-state index contributed by atoms with van der Waals surface area (Å²) < 4.78 is 12.1. The van der Waals surface area contributed by atoms with Crippen LogP contribution in [0.15, 0.2) is 60.9 Å². The highest BCUT2D eigenvalue weighted by atomic mass is 16.5. The maximum absolute atomic E-state index is 12.8. The van der Waals surface area contributed by atoms with Gasteiger partial charge in [-0.2, -0.15) is 0 Å². The van der Waals surface area contributed by atoms with E-state index in [0.717, 1.165) is 62.9 Å². The van der Waals surface area contributed by atoms with E-state index in [1.54, 1.807) is 24.3 Å². The summed E-state index contributed by atoms with van der Waals surface area (Å²) >= 11 is 0. The van der Waals surface area contributed by atoms with Crippen LogP contribution in [0.1, 0.15) is 72.3 Å². The van der Waals surface area contributed by atoms with Crippen molar-refractivity contribution >= 4 is 23.2 Å². The van der Waals surface area contributed by atoms with Crippen LogP contribution >= 0.6 is 0 Å². The van der Waals surface area contributed by atoms with Gasteiger partial charge in [0.1, 0.15) is 29.2 Å². The molecule has 0 atom stereocenters. The van der Waals surface area contributed by atoms with Gasteiger partial charge in [0.25, 0.3) is 11.8 Å². The van der Waals surface area contributed by atoms with Crippen LogP contribution in [-0.2, 0) is 0 Å². The van der Waals surface area contributed by atoms with Gasteiger partial charge in [0.05, 0.1) is 12.2 Å². The van der Waals surface area contributed by atoms with Gasteiger partial charge in [-0.1, -0.05) is 0 Å². The second-order valence-corrected chi connectivity index (χ2v) is 10.6. The fourth-order valence-electron chi connectivity index (χ4n) is 5.03. The lowest BCUT2D eigenvalue weighted by Gasteiger charge is -2.26. The van der Waals surface area contributed by atoms with E-state index in [1.165, 1.54) is 12.4 Å². The van der Waals surface area contributed by atoms with Crippen LogP contribution in [-0.4, -0.2) is 46.1 Å². The third-order valence-corrected chi connectivity index (χ3v) is 7.40. The maximum Gasteiger partial charge on any atom is 0.274 e. The molecule has 1 aromatic heterocycles. The van der Waals surface area contributed by atoms with Crippen molar-refractivity contribution in [1.82, 2.24) is 9.97 Å². The number of amides is 2. The molecule has 0 aliphatic heterocycles. The summed E-state index contributed by atoms with van der Waals surface area (Å²) in [5, 5.41) is 5.60. The first kappa shape index (κ1) is 27.5. The zero-order valence-electron chi connectivity index (χ0n) is 22.4. The number of anilines is 2. The van der Waals surface area contributed by atoms with Crippen LogP contribution in [0, 0.1) is 0 Å². The normalized spacial score (nSPS) is 22.6. The number of nitrogens with zero attached hydrogens (tertiary/aromatic N) is 2. The Kier molecular flexibility index (Phi) is 8.87. The lowest BCUT2D eigenvalue weighted by atomic mass is 9.94. The van der Waals surface area contributed by atoms with Gasteiger partial charge in [0, 0.05) is 29.5 Å². The topological polar surface area (TPSA) is 154 Å². The minimum atomic E-state index is -0.448. The highest BCUT2D eigenvalue weighted by Gasteiger charge is 2.21. The Morgan fingerprint density at radius 3 is 1.38 bits per heavy atom. The molecule has 6 N–H and O–H groups in total. The molecule has 0 radical (unpaired) electrons. The molecule has 3 aromatic rings. The van der Waals surface area contributed by atoms with Crippen molar-refractivity contribution < 1.29 is 19.1 Å². The van der Waals surface area contributed by atoms with Crippen molar-refractivity contribution in [3.63, 3.8) is 0 Å². The van der Waals surface area contributed by atoms with E-state index in [0.29, 0.717) is 11.4 Å². The third kappa shape index (κ3) is 7.55. The molecule has 2 aromatic carbocycles. The maximum atomic E-state index is 12.8. The molecular formula is C30H36N6O4. The minimum Gasteiger partial charge on any atom is -0.490 e. The fourth-order valence-corrected chi connectivity index (χ4v) is 5.03. The molecule has 1 heterocycles. The molecular weight excluding hydrogens is 508 g/mol. The monoisotopic (exact) mass is 544 g/mol. The Morgan fingerprint density at radius 2 is 1.00 bits per heavy atom. The van der Waals surface area contributed by atoms with Crippen LogP contribution in [0.5, 0.6) is 11.5 Å². The molecule has 5 rings (SSSR count). The lowest BCUT2D eigenvalue weighted by molar-refractivity contribution is 0.102. The number of carbonyl (C=O) groups excluding carboxylic acids is 2. The Hall–Kier alpha value is -4.02. The average molecular weight is 545 g/mol. The third-order valence-electron chi connectivity index (χ3n) is 7.40. The fraction of sp³-hybridized carbons (Fsp3) is 0.400. The first-order valence-electron chi connectivity index (χ1n) is 13.9. The zero-order chi connectivity index (χ0) is 27.9. The van der Waals surface area contributed by atoms with E-state index < -0.39 is 11.8 Å². The Labute approximate surface area is 233 Å². The number of nitrogens with one attached hydrogen (secondary N) is 2. The molecule has 2 amide bonds. The van der Waals surface area contributed by atoms with E-state index in [9.17, 15) is 9.59 Å². The highest BCUT2D eigenvalue weighted by Crippen LogP contribution is 2.25. The Morgan fingerprint density at radius 1 is 0.625 bits per heavy atom. The number of aromatic nitrogens is 2. The molecule has 10 nitrogen and oxygen atoms in total. The molecule has 10 heteroatoms. The van der Waals surface area contributed by atoms with Gasteiger partial charge in [-0.15, -0.1) is 0 Å². The van der Waals surface area contributed by atoms with E-state index >= 15 is 0 Å². The van der Waals surface area contributed by atoms with E-state index in [2.05, 4.69) is 20.6 Å². The van der Waals surface area contributed by atoms with Crippen molar-refractivity contribution in [3.05, 3.63) is 72.3 Å². The first-order chi connectivity index (χ1) is 19.4. The van der Waals surface area contributed by atoms with Crippen LogP contribution < -0.4 is 31.6 Å². The summed E-state index contributed by atoms with van der Waals surface area (Å²) in [4.78, 5) is 33.7. The molecule has 0 bridgehead atoms. The van der Waals surface area contributed by atoms with Crippen LogP contribution in [0.25, 0.3) is 0 Å². The smallest absolute Gasteiger partial charge is 0.274 e. The second kappa shape index (κ2) is 12.9. The van der Waals surface area contributed by atoms with Crippen molar-refractivity contribution in [2.45, 2.75) is 75.7 Å². The molecule has 2 fully saturated rings. The number of rotatable bonds is 8. The predicted octanol–water partition coefficient (Wildman–Crippen LogP) is 4.28. The van der Waals surface area contributed by atoms with Gasteiger partial charge in [-0.25, -0.2) is 9.97 Å². The summed E-state index contributed by atoms with van der Waals surface area (Å²) in [6, 6.07) is 16.3. The van der Waals surface area contributed by atoms with Gasteiger partial charge in [-0.05, 0) is 99.9 Å². The molecule has 2 saturated carbocycles. The number of carbonyl (C=O) groups is 2. The first-order valence-corrected chi connectivity index (χ1v) is 13.9. The average Bonchev–Trinajstić information content (AvgIpc) is 2.97. The van der Waals surface area contributed by atoms with Gasteiger partial charge < -0.3 is 31.6 Å². The molecule has 40 heavy (non-hydrogen) atoms. The van der Waals surface area contributed by atoms with Gasteiger partial charge >= 0.3 is 0 Å². The van der Waals surface area contributed by atoms with Gasteiger partial charge in [0.15, 0.2) is 0 Å². The largest absolute Gasteiger partial charge is 0.490 e. The molecule has 0 saturated heterocycles. The minimum absolute atomic E-state index is 0.0787. The summed E-state index contributed by atoms with van der Waals surface area (Å²) in [6.07, 6.45) is 9.18. The molecule has 0 unspecified atom stereocenters. The molecule has 2 aliphatic rings. The van der Waals surface area contributed by atoms with E-state index in [1.807, 2.05) is 24.3 Å². The Balaban J connectivity index is 1.13. The van der Waals surface area contributed by atoms with E-state index in [-0.39, 0.29) is 35.7 Å². The number of nitrogens with two attached hydrogens (primary N) is 2. The van der Waals surface area contributed by atoms with Gasteiger partial charge in [-0.3, -0.25) is 9.59 Å². The summed E-state index contributed by atoms with van der Waals surface area (Å²) in [6.45, 7) is 0. The van der Waals surface area contributed by atoms with Crippen molar-refractivity contribution in [1.29, 1.82) is 0 Å². The SMILES string of the molecule is NC1CCC(Oc2ccc(NC(=O)c3cc(C(=O)Nc4ccc(OC5CCC(N)CC5)cc4)ncn3)cc2)CC1. The number of hydrogen-bond donors (Lipinski definition) is 4. The van der Waals surface area contributed by atoms with Gasteiger partial charge in [0.2, 0.25) is 0 Å². The van der Waals surface area contributed by atoms with Crippen molar-refractivity contribution in [3.8, 4) is 11.5 Å². The van der Waals surface area contributed by atoms with Crippen LogP contribution in [0.4, 0.5) is 11.4 Å². The standard InChI is InChI=1S/C30H36N6O4/c31-19-1-9-23(10-2-19)39-25-13-5-21(6-14-25)35-29(37)27-17-28(34-18-33-27)30(38)36-22-7-15-26(16-8-22)40-24-11-3-20(32)4-12-24/h5-8,13-20,23-24H,1-4,9-12,31-32H2,(H,35,37)(H,36,38). The van der Waals surface area contributed by atoms with Crippen molar-refractivity contribution in [2.24, 2.45) is 11.5 Å². The summed E-state index contributed by atoms with van der Waals surface area (Å²) in [5.41, 5.74) is 13.3. The highest BCUT2D eigenvalue weighted by molar-refractivity contribution is 6.06. The quantitative estimate of drug-likeness (QED) is 0.328. The second-order valence-electron chi connectivity index (χ2n) is 10.6.